The van der Waals surface area contributed by atoms with Crippen molar-refractivity contribution in [3.8, 4) is 0 Å². The lowest BCUT2D eigenvalue weighted by Gasteiger charge is -2.27. The molecule has 0 radical (unpaired) electrons. The van der Waals surface area contributed by atoms with Crippen LogP contribution in [-0.4, -0.2) is 31.2 Å². The number of carbonyl (C=O) groups is 1. The van der Waals surface area contributed by atoms with Crippen LogP contribution in [0.3, 0.4) is 0 Å². The average Bonchev–Trinajstić information content (AvgIpc) is 2.45. The molecule has 3 N–H and O–H groups in total. The highest BCUT2D eigenvalue weighted by Crippen LogP contribution is 2.26. The summed E-state index contributed by atoms with van der Waals surface area (Å²) in [5.74, 6) is 0.539. The first kappa shape index (κ1) is 9.93. The van der Waals surface area contributed by atoms with Crippen LogP contribution >= 0.6 is 0 Å². The van der Waals surface area contributed by atoms with E-state index in [4.69, 9.17) is 10.5 Å². The maximum Gasteiger partial charge on any atom is 0.220 e. The Balaban J connectivity index is 1.70. The van der Waals surface area contributed by atoms with Crippen LogP contribution in [0.15, 0.2) is 0 Å². The lowest BCUT2D eigenvalue weighted by molar-refractivity contribution is -0.126. The third-order valence-electron chi connectivity index (χ3n) is 3.17. The largest absolute Gasteiger partial charge is 0.377 e. The van der Waals surface area contributed by atoms with E-state index in [0.29, 0.717) is 25.6 Å². The molecule has 14 heavy (non-hydrogen) atoms. The summed E-state index contributed by atoms with van der Waals surface area (Å²) in [4.78, 5) is 11.5. The molecule has 2 rings (SSSR count). The molecular weight excluding hydrogens is 180 g/mol. The van der Waals surface area contributed by atoms with Crippen LogP contribution in [0.5, 0.6) is 0 Å². The van der Waals surface area contributed by atoms with E-state index < -0.39 is 0 Å². The van der Waals surface area contributed by atoms with Gasteiger partial charge in [0.2, 0.25) is 5.91 Å². The molecule has 2 fully saturated rings. The second kappa shape index (κ2) is 4.28. The van der Waals surface area contributed by atoms with Crippen molar-refractivity contribution in [2.45, 2.75) is 37.8 Å². The van der Waals surface area contributed by atoms with Gasteiger partial charge < -0.3 is 15.8 Å². The first-order valence-corrected chi connectivity index (χ1v) is 5.38. The normalized spacial score (nSPS) is 32.6. The van der Waals surface area contributed by atoms with Gasteiger partial charge in [-0.1, -0.05) is 6.42 Å². The van der Waals surface area contributed by atoms with Gasteiger partial charge in [0.15, 0.2) is 0 Å². The Morgan fingerprint density at radius 1 is 1.43 bits per heavy atom. The zero-order chi connectivity index (χ0) is 9.97. The van der Waals surface area contributed by atoms with Gasteiger partial charge in [0.05, 0.1) is 19.3 Å². The lowest BCUT2D eigenvalue weighted by Crippen LogP contribution is -2.49. The second-order valence-corrected chi connectivity index (χ2v) is 4.36. The Kier molecular flexibility index (Phi) is 3.03. The average molecular weight is 198 g/mol. The molecule has 0 aromatic heterocycles. The van der Waals surface area contributed by atoms with E-state index in [0.717, 1.165) is 12.8 Å². The van der Waals surface area contributed by atoms with E-state index in [-0.39, 0.29) is 18.0 Å². The molecule has 2 aliphatic rings. The van der Waals surface area contributed by atoms with Crippen molar-refractivity contribution in [3.63, 3.8) is 0 Å². The van der Waals surface area contributed by atoms with Gasteiger partial charge in [0, 0.05) is 12.5 Å². The Bertz CT molecular complexity index is 216. The van der Waals surface area contributed by atoms with Crippen molar-refractivity contribution in [1.82, 2.24) is 5.32 Å². The van der Waals surface area contributed by atoms with Crippen LogP contribution in [0.25, 0.3) is 0 Å². The van der Waals surface area contributed by atoms with Crippen LogP contribution in [0.1, 0.15) is 25.7 Å². The molecule has 1 aliphatic carbocycles. The summed E-state index contributed by atoms with van der Waals surface area (Å²) in [7, 11) is 0. The monoisotopic (exact) mass is 198 g/mol. The predicted molar refractivity (Wildman–Crippen MR) is 52.7 cm³/mol. The van der Waals surface area contributed by atoms with Crippen molar-refractivity contribution >= 4 is 5.91 Å². The molecule has 4 heteroatoms. The number of nitrogens with two attached hydrogens (primary N) is 1. The standard InChI is InChI=1S/C10H18N2O2/c11-9-3-1-2-7(9)4-10(13)12-8-5-14-6-8/h7-9H,1-6,11H2,(H,12,13). The zero-order valence-corrected chi connectivity index (χ0v) is 8.37. The van der Waals surface area contributed by atoms with Gasteiger partial charge in [-0.05, 0) is 18.8 Å². The smallest absolute Gasteiger partial charge is 0.220 e. The third-order valence-corrected chi connectivity index (χ3v) is 3.17. The Hall–Kier alpha value is -0.610. The molecule has 2 unspecified atom stereocenters. The Labute approximate surface area is 84.2 Å². The highest BCUT2D eigenvalue weighted by atomic mass is 16.5. The minimum absolute atomic E-state index is 0.139. The van der Waals surface area contributed by atoms with Gasteiger partial charge in [0.1, 0.15) is 0 Å². The molecule has 4 nitrogen and oxygen atoms in total. The van der Waals surface area contributed by atoms with Crippen molar-refractivity contribution < 1.29 is 9.53 Å². The minimum Gasteiger partial charge on any atom is -0.377 e. The lowest BCUT2D eigenvalue weighted by atomic mass is 9.99. The fraction of sp³-hybridized carbons (Fsp3) is 0.900. The van der Waals surface area contributed by atoms with E-state index >= 15 is 0 Å². The Morgan fingerprint density at radius 2 is 2.21 bits per heavy atom. The topological polar surface area (TPSA) is 64.4 Å². The number of amides is 1. The molecule has 0 spiro atoms. The molecule has 0 aromatic rings. The summed E-state index contributed by atoms with van der Waals surface area (Å²) < 4.78 is 4.99. The van der Waals surface area contributed by atoms with E-state index in [1.807, 2.05) is 0 Å². The van der Waals surface area contributed by atoms with Gasteiger partial charge in [-0.3, -0.25) is 4.79 Å². The van der Waals surface area contributed by atoms with Crippen molar-refractivity contribution in [3.05, 3.63) is 0 Å². The highest BCUT2D eigenvalue weighted by molar-refractivity contribution is 5.76. The fourth-order valence-electron chi connectivity index (χ4n) is 2.16. The van der Waals surface area contributed by atoms with Gasteiger partial charge in [-0.2, -0.15) is 0 Å². The van der Waals surface area contributed by atoms with Gasteiger partial charge in [-0.25, -0.2) is 0 Å². The maximum atomic E-state index is 11.5. The van der Waals surface area contributed by atoms with Crippen LogP contribution in [0.2, 0.25) is 0 Å². The van der Waals surface area contributed by atoms with Gasteiger partial charge >= 0.3 is 0 Å². The molecule has 80 valence electrons. The summed E-state index contributed by atoms with van der Waals surface area (Å²) in [5, 5.41) is 2.94. The second-order valence-electron chi connectivity index (χ2n) is 4.36. The third kappa shape index (κ3) is 2.25. The first-order chi connectivity index (χ1) is 6.75. The van der Waals surface area contributed by atoms with Crippen LogP contribution in [0.4, 0.5) is 0 Å². The van der Waals surface area contributed by atoms with Gasteiger partial charge in [-0.15, -0.1) is 0 Å². The minimum atomic E-state index is 0.139. The van der Waals surface area contributed by atoms with Crippen molar-refractivity contribution in [1.29, 1.82) is 0 Å². The number of carbonyl (C=O) groups excluding carboxylic acids is 1. The predicted octanol–water partition coefficient (Wildman–Crippen LogP) is 0.0189. The number of hydrogen-bond acceptors (Lipinski definition) is 3. The van der Waals surface area contributed by atoms with Crippen LogP contribution in [-0.2, 0) is 9.53 Å². The summed E-state index contributed by atoms with van der Waals surface area (Å²) >= 11 is 0. The maximum absolute atomic E-state index is 11.5. The van der Waals surface area contributed by atoms with Crippen LogP contribution < -0.4 is 11.1 Å². The summed E-state index contributed by atoms with van der Waals surface area (Å²) in [5.41, 5.74) is 5.90. The zero-order valence-electron chi connectivity index (χ0n) is 8.37. The molecule has 1 aliphatic heterocycles. The summed E-state index contributed by atoms with van der Waals surface area (Å²) in [6.07, 6.45) is 3.95. The number of nitrogens with one attached hydrogen (secondary N) is 1. The van der Waals surface area contributed by atoms with Gasteiger partial charge in [0.25, 0.3) is 0 Å². The first-order valence-electron chi connectivity index (χ1n) is 5.38. The van der Waals surface area contributed by atoms with Crippen molar-refractivity contribution in [2.75, 3.05) is 13.2 Å². The van der Waals surface area contributed by atoms with Crippen molar-refractivity contribution in [2.24, 2.45) is 11.7 Å². The molecule has 1 heterocycles. The quantitative estimate of drug-likeness (QED) is 0.672. The summed E-state index contributed by atoms with van der Waals surface area (Å²) in [6.45, 7) is 1.34. The molecule has 2 atom stereocenters. The highest BCUT2D eigenvalue weighted by Gasteiger charge is 2.27. The number of ether oxygens (including phenoxy) is 1. The Morgan fingerprint density at radius 3 is 2.71 bits per heavy atom. The molecule has 0 aromatic carbocycles. The SMILES string of the molecule is NC1CCCC1CC(=O)NC1COC1. The molecule has 1 amide bonds. The van der Waals surface area contributed by atoms with E-state index in [2.05, 4.69) is 5.32 Å². The molecule has 1 saturated heterocycles. The number of rotatable bonds is 3. The fourth-order valence-corrected chi connectivity index (χ4v) is 2.16. The molecule has 0 bridgehead atoms. The number of hydrogen-bond donors (Lipinski definition) is 2. The van der Waals surface area contributed by atoms with Crippen LogP contribution in [0, 0.1) is 5.92 Å². The van der Waals surface area contributed by atoms with E-state index in [1.54, 1.807) is 0 Å². The molecule has 1 saturated carbocycles. The van der Waals surface area contributed by atoms with E-state index in [1.165, 1.54) is 6.42 Å². The van der Waals surface area contributed by atoms with E-state index in [9.17, 15) is 4.79 Å². The summed E-state index contributed by atoms with van der Waals surface area (Å²) in [6, 6.07) is 0.485. The molecular formula is C10H18N2O2.